The van der Waals surface area contributed by atoms with Crippen LogP contribution >= 0.6 is 0 Å². The van der Waals surface area contributed by atoms with E-state index < -0.39 is 5.60 Å². The van der Waals surface area contributed by atoms with E-state index in [-0.39, 0.29) is 12.0 Å². The van der Waals surface area contributed by atoms with Crippen LogP contribution in [0.5, 0.6) is 0 Å². The smallest absolute Gasteiger partial charge is 0.410 e. The van der Waals surface area contributed by atoms with Crippen molar-refractivity contribution in [2.24, 2.45) is 0 Å². The lowest BCUT2D eigenvalue weighted by molar-refractivity contribution is 0.0295. The molecule has 3 nitrogen and oxygen atoms in total. The van der Waals surface area contributed by atoms with Crippen LogP contribution in [0, 0.1) is 0 Å². The Hall–Kier alpha value is -1.77. The number of benzene rings is 1. The lowest BCUT2D eigenvalue weighted by atomic mass is 9.99. The minimum atomic E-state index is -0.470. The van der Waals surface area contributed by atoms with E-state index in [0.717, 1.165) is 5.56 Å². The van der Waals surface area contributed by atoms with E-state index in [4.69, 9.17) is 4.74 Å². The van der Waals surface area contributed by atoms with Gasteiger partial charge in [0.1, 0.15) is 5.60 Å². The van der Waals surface area contributed by atoms with Crippen LogP contribution in [0.15, 0.2) is 43.0 Å². The number of amides is 1. The Morgan fingerprint density at radius 1 is 1.37 bits per heavy atom. The topological polar surface area (TPSA) is 29.5 Å². The highest BCUT2D eigenvalue weighted by Gasteiger charge is 2.21. The number of carbonyl (C=O) groups excluding carboxylic acids is 1. The van der Waals surface area contributed by atoms with E-state index in [2.05, 4.69) is 6.58 Å². The number of ether oxygens (including phenoxy) is 1. The molecule has 3 heteroatoms. The van der Waals surface area contributed by atoms with Gasteiger partial charge in [-0.3, -0.25) is 0 Å². The minimum absolute atomic E-state index is 0.110. The molecule has 0 N–H and O–H groups in total. The van der Waals surface area contributed by atoms with Crippen molar-refractivity contribution in [3.8, 4) is 0 Å². The van der Waals surface area contributed by atoms with Crippen LogP contribution in [0.4, 0.5) is 4.79 Å². The monoisotopic (exact) mass is 261 g/mol. The molecule has 0 radical (unpaired) electrons. The first kappa shape index (κ1) is 15.3. The average molecular weight is 261 g/mol. The molecule has 1 aromatic rings. The normalized spacial score (nSPS) is 12.6. The maximum Gasteiger partial charge on any atom is 0.410 e. The summed E-state index contributed by atoms with van der Waals surface area (Å²) in [6.07, 6.45) is 1.55. The molecule has 1 atom stereocenters. The molecule has 19 heavy (non-hydrogen) atoms. The van der Waals surface area contributed by atoms with Crippen molar-refractivity contribution >= 4 is 6.09 Å². The summed E-state index contributed by atoms with van der Waals surface area (Å²) in [4.78, 5) is 13.5. The highest BCUT2D eigenvalue weighted by molar-refractivity contribution is 5.67. The molecule has 0 heterocycles. The molecule has 0 spiro atoms. The van der Waals surface area contributed by atoms with Crippen molar-refractivity contribution in [2.75, 3.05) is 13.6 Å². The molecule has 0 saturated heterocycles. The zero-order valence-corrected chi connectivity index (χ0v) is 12.2. The van der Waals surface area contributed by atoms with Crippen molar-refractivity contribution in [3.05, 3.63) is 48.6 Å². The second-order valence-corrected chi connectivity index (χ2v) is 5.61. The Morgan fingerprint density at radius 3 is 2.42 bits per heavy atom. The molecular weight excluding hydrogens is 238 g/mol. The van der Waals surface area contributed by atoms with Gasteiger partial charge in [0.25, 0.3) is 0 Å². The van der Waals surface area contributed by atoms with Gasteiger partial charge in [-0.2, -0.15) is 0 Å². The number of carbonyl (C=O) groups is 1. The zero-order valence-electron chi connectivity index (χ0n) is 12.2. The van der Waals surface area contributed by atoms with Gasteiger partial charge in [0, 0.05) is 19.5 Å². The van der Waals surface area contributed by atoms with Gasteiger partial charge in [0.05, 0.1) is 0 Å². The Kier molecular flexibility index (Phi) is 5.16. The minimum Gasteiger partial charge on any atom is -0.444 e. The number of hydrogen-bond acceptors (Lipinski definition) is 2. The van der Waals surface area contributed by atoms with Crippen LogP contribution in [0.3, 0.4) is 0 Å². The lowest BCUT2D eigenvalue weighted by Gasteiger charge is -2.26. The quantitative estimate of drug-likeness (QED) is 0.771. The van der Waals surface area contributed by atoms with E-state index in [1.807, 2.05) is 57.2 Å². The maximum atomic E-state index is 11.9. The van der Waals surface area contributed by atoms with Gasteiger partial charge in [-0.05, 0) is 26.3 Å². The van der Waals surface area contributed by atoms with Gasteiger partial charge in [0.2, 0.25) is 0 Å². The van der Waals surface area contributed by atoms with Gasteiger partial charge in [-0.25, -0.2) is 4.79 Å². The average Bonchev–Trinajstić information content (AvgIpc) is 2.34. The Labute approximate surface area is 115 Å². The van der Waals surface area contributed by atoms with Gasteiger partial charge in [-0.15, -0.1) is 6.58 Å². The molecule has 1 rings (SSSR count). The summed E-state index contributed by atoms with van der Waals surface area (Å²) in [6.45, 7) is 9.99. The number of hydrogen-bond donors (Lipinski definition) is 0. The molecule has 0 saturated carbocycles. The fourth-order valence-electron chi connectivity index (χ4n) is 1.73. The molecule has 1 unspecified atom stereocenters. The molecule has 0 fully saturated rings. The standard InChI is InChI=1S/C16H23NO2/c1-6-13(14-10-8-7-9-11-14)12-17(5)15(18)19-16(2,3)4/h6-11,13H,1,12H2,2-5H3. The van der Waals surface area contributed by atoms with Crippen LogP contribution < -0.4 is 0 Å². The highest BCUT2D eigenvalue weighted by Crippen LogP contribution is 2.18. The summed E-state index contributed by atoms with van der Waals surface area (Å²) < 4.78 is 5.33. The molecule has 0 aliphatic heterocycles. The number of likely N-dealkylation sites (N-methyl/N-ethyl adjacent to an activating group) is 1. The van der Waals surface area contributed by atoms with Crippen LogP contribution in [0.2, 0.25) is 0 Å². The molecule has 0 bridgehead atoms. The van der Waals surface area contributed by atoms with Gasteiger partial charge < -0.3 is 9.64 Å². The summed E-state index contributed by atoms with van der Waals surface area (Å²) in [6, 6.07) is 10.0. The first-order chi connectivity index (χ1) is 8.83. The lowest BCUT2D eigenvalue weighted by Crippen LogP contribution is -2.36. The van der Waals surface area contributed by atoms with E-state index in [1.54, 1.807) is 11.9 Å². The summed E-state index contributed by atoms with van der Waals surface area (Å²) in [5, 5.41) is 0. The fourth-order valence-corrected chi connectivity index (χ4v) is 1.73. The van der Waals surface area contributed by atoms with Gasteiger partial charge >= 0.3 is 6.09 Å². The Balaban J connectivity index is 2.66. The van der Waals surface area contributed by atoms with Crippen LogP contribution in [0.1, 0.15) is 32.3 Å². The third-order valence-electron chi connectivity index (χ3n) is 2.69. The van der Waals surface area contributed by atoms with E-state index in [1.165, 1.54) is 0 Å². The van der Waals surface area contributed by atoms with E-state index >= 15 is 0 Å². The summed E-state index contributed by atoms with van der Waals surface area (Å²) in [5.74, 6) is 0.110. The van der Waals surface area contributed by atoms with E-state index in [0.29, 0.717) is 6.54 Å². The fraction of sp³-hybridized carbons (Fsp3) is 0.438. The van der Waals surface area contributed by atoms with Crippen molar-refractivity contribution in [2.45, 2.75) is 32.3 Å². The zero-order chi connectivity index (χ0) is 14.5. The third-order valence-corrected chi connectivity index (χ3v) is 2.69. The molecule has 0 aliphatic rings. The van der Waals surface area contributed by atoms with Crippen molar-refractivity contribution < 1.29 is 9.53 Å². The van der Waals surface area contributed by atoms with Crippen LogP contribution in [-0.4, -0.2) is 30.2 Å². The second-order valence-electron chi connectivity index (χ2n) is 5.61. The van der Waals surface area contributed by atoms with Crippen LogP contribution in [-0.2, 0) is 4.74 Å². The molecule has 1 aromatic carbocycles. The van der Waals surface area contributed by atoms with Crippen molar-refractivity contribution in [1.82, 2.24) is 4.90 Å². The second kappa shape index (κ2) is 6.41. The first-order valence-electron chi connectivity index (χ1n) is 6.45. The summed E-state index contributed by atoms with van der Waals surface area (Å²) in [7, 11) is 1.74. The molecule has 1 amide bonds. The summed E-state index contributed by atoms with van der Waals surface area (Å²) >= 11 is 0. The number of nitrogens with zero attached hydrogens (tertiary/aromatic N) is 1. The maximum absolute atomic E-state index is 11.9. The third kappa shape index (κ3) is 5.16. The predicted molar refractivity (Wildman–Crippen MR) is 78.2 cm³/mol. The van der Waals surface area contributed by atoms with E-state index in [9.17, 15) is 4.79 Å². The van der Waals surface area contributed by atoms with Crippen molar-refractivity contribution in [1.29, 1.82) is 0 Å². The summed E-state index contributed by atoms with van der Waals surface area (Å²) in [5.41, 5.74) is 0.676. The number of rotatable bonds is 4. The Bertz CT molecular complexity index is 420. The van der Waals surface area contributed by atoms with Gasteiger partial charge in [-0.1, -0.05) is 36.4 Å². The van der Waals surface area contributed by atoms with Crippen molar-refractivity contribution in [3.63, 3.8) is 0 Å². The molecular formula is C16H23NO2. The Morgan fingerprint density at radius 2 is 1.95 bits per heavy atom. The molecule has 104 valence electrons. The van der Waals surface area contributed by atoms with Crippen LogP contribution in [0.25, 0.3) is 0 Å². The SMILES string of the molecule is C=CC(CN(C)C(=O)OC(C)(C)C)c1ccccc1. The molecule has 0 aliphatic carbocycles. The predicted octanol–water partition coefficient (Wildman–Crippen LogP) is 3.82. The largest absolute Gasteiger partial charge is 0.444 e. The molecule has 0 aromatic heterocycles. The van der Waals surface area contributed by atoms with Gasteiger partial charge in [0.15, 0.2) is 0 Å². The highest BCUT2D eigenvalue weighted by atomic mass is 16.6. The first-order valence-corrected chi connectivity index (χ1v) is 6.45.